The Bertz CT molecular complexity index is 497. The Morgan fingerprint density at radius 3 is 2.29 bits per heavy atom. The first-order valence-corrected chi connectivity index (χ1v) is 6.40. The zero-order valence-electron chi connectivity index (χ0n) is 11.4. The van der Waals surface area contributed by atoms with Gasteiger partial charge in [-0.3, -0.25) is 9.59 Å². The van der Waals surface area contributed by atoms with Crippen LogP contribution in [0.1, 0.15) is 42.1 Å². The lowest BCUT2D eigenvalue weighted by atomic mass is 10.1. The minimum Gasteiger partial charge on any atom is -0.481 e. The molecule has 1 rings (SSSR count). The summed E-state index contributed by atoms with van der Waals surface area (Å²) in [5.74, 6) is -1.39. The van der Waals surface area contributed by atoms with Crippen molar-refractivity contribution >= 4 is 11.9 Å². The van der Waals surface area contributed by atoms with E-state index < -0.39 is 23.6 Å². The Morgan fingerprint density at radius 2 is 1.81 bits per heavy atom. The van der Waals surface area contributed by atoms with Crippen LogP contribution in [0.15, 0.2) is 24.3 Å². The van der Waals surface area contributed by atoms with Crippen LogP contribution in [0.4, 0.5) is 13.2 Å². The highest BCUT2D eigenvalue weighted by atomic mass is 19.4. The SMILES string of the molecule is CC(CCCC(=O)O)NC(=O)c1ccc(C(F)(F)F)cc1. The molecule has 0 spiro atoms. The molecule has 0 bridgehead atoms. The maximum atomic E-state index is 12.4. The van der Waals surface area contributed by atoms with Crippen molar-refractivity contribution < 1.29 is 27.9 Å². The van der Waals surface area contributed by atoms with Crippen LogP contribution < -0.4 is 5.32 Å². The molecule has 21 heavy (non-hydrogen) atoms. The predicted molar refractivity (Wildman–Crippen MR) is 69.9 cm³/mol. The summed E-state index contributed by atoms with van der Waals surface area (Å²) in [5, 5.41) is 11.1. The number of nitrogens with one attached hydrogen (secondary N) is 1. The molecule has 1 aromatic rings. The fourth-order valence-corrected chi connectivity index (χ4v) is 1.75. The fraction of sp³-hybridized carbons (Fsp3) is 0.429. The molecular weight excluding hydrogens is 287 g/mol. The van der Waals surface area contributed by atoms with Gasteiger partial charge in [0.05, 0.1) is 5.56 Å². The lowest BCUT2D eigenvalue weighted by Crippen LogP contribution is -2.32. The monoisotopic (exact) mass is 303 g/mol. The molecule has 116 valence electrons. The Kier molecular flexibility index (Phi) is 5.75. The van der Waals surface area contributed by atoms with Gasteiger partial charge in [-0.1, -0.05) is 0 Å². The molecule has 0 heterocycles. The molecule has 2 N–H and O–H groups in total. The maximum absolute atomic E-state index is 12.4. The third kappa shape index (κ3) is 5.85. The summed E-state index contributed by atoms with van der Waals surface area (Å²) in [6, 6.07) is 3.68. The van der Waals surface area contributed by atoms with Crippen molar-refractivity contribution in [2.24, 2.45) is 0 Å². The summed E-state index contributed by atoms with van der Waals surface area (Å²) in [5.41, 5.74) is -0.679. The van der Waals surface area contributed by atoms with Gasteiger partial charge in [0.2, 0.25) is 0 Å². The van der Waals surface area contributed by atoms with Gasteiger partial charge >= 0.3 is 12.1 Å². The van der Waals surface area contributed by atoms with Gasteiger partial charge in [-0.25, -0.2) is 0 Å². The molecular formula is C14H16F3NO3. The van der Waals surface area contributed by atoms with E-state index in [9.17, 15) is 22.8 Å². The van der Waals surface area contributed by atoms with Gasteiger partial charge < -0.3 is 10.4 Å². The Hall–Kier alpha value is -2.05. The number of hydrogen-bond donors (Lipinski definition) is 2. The highest BCUT2D eigenvalue weighted by molar-refractivity contribution is 5.94. The molecule has 0 saturated heterocycles. The summed E-state index contributed by atoms with van der Waals surface area (Å²) in [6.07, 6.45) is -3.51. The van der Waals surface area contributed by atoms with Crippen LogP contribution in [0.2, 0.25) is 0 Å². The van der Waals surface area contributed by atoms with Gasteiger partial charge in [0.25, 0.3) is 5.91 Å². The second-order valence-electron chi connectivity index (χ2n) is 4.74. The number of alkyl halides is 3. The van der Waals surface area contributed by atoms with Gasteiger partial charge in [-0.2, -0.15) is 13.2 Å². The molecule has 0 saturated carbocycles. The summed E-state index contributed by atoms with van der Waals surface area (Å²) >= 11 is 0. The van der Waals surface area contributed by atoms with Crippen molar-refractivity contribution in [3.8, 4) is 0 Å². The highest BCUT2D eigenvalue weighted by Crippen LogP contribution is 2.29. The molecule has 7 heteroatoms. The summed E-state index contributed by atoms with van der Waals surface area (Å²) < 4.78 is 37.2. The number of carbonyl (C=O) groups is 2. The first kappa shape index (κ1) is 17.0. The molecule has 0 aliphatic heterocycles. The molecule has 0 aliphatic carbocycles. The van der Waals surface area contributed by atoms with E-state index >= 15 is 0 Å². The zero-order valence-corrected chi connectivity index (χ0v) is 11.4. The number of halogens is 3. The normalized spacial score (nSPS) is 12.8. The Balaban J connectivity index is 2.53. The van der Waals surface area contributed by atoms with E-state index in [0.717, 1.165) is 24.3 Å². The molecule has 0 aliphatic rings. The molecule has 1 unspecified atom stereocenters. The first-order valence-electron chi connectivity index (χ1n) is 6.40. The molecule has 0 aromatic heterocycles. The van der Waals surface area contributed by atoms with E-state index in [0.29, 0.717) is 12.8 Å². The zero-order chi connectivity index (χ0) is 16.0. The molecule has 1 aromatic carbocycles. The van der Waals surface area contributed by atoms with Crippen LogP contribution in [-0.4, -0.2) is 23.0 Å². The number of carboxylic acids is 1. The van der Waals surface area contributed by atoms with Gasteiger partial charge in [-0.15, -0.1) is 0 Å². The third-order valence-electron chi connectivity index (χ3n) is 2.88. The molecule has 0 radical (unpaired) electrons. The van der Waals surface area contributed by atoms with Gasteiger partial charge in [0, 0.05) is 18.0 Å². The summed E-state index contributed by atoms with van der Waals surface area (Å²) in [7, 11) is 0. The molecule has 0 fully saturated rings. The van der Waals surface area contributed by atoms with Crippen molar-refractivity contribution in [3.63, 3.8) is 0 Å². The minimum atomic E-state index is -4.43. The highest BCUT2D eigenvalue weighted by Gasteiger charge is 2.30. The van der Waals surface area contributed by atoms with Crippen LogP contribution in [0, 0.1) is 0 Å². The number of amides is 1. The quantitative estimate of drug-likeness (QED) is 0.848. The molecule has 4 nitrogen and oxygen atoms in total. The van der Waals surface area contributed by atoms with Crippen LogP contribution in [0.5, 0.6) is 0 Å². The van der Waals surface area contributed by atoms with E-state index in [1.165, 1.54) is 0 Å². The molecule has 1 atom stereocenters. The third-order valence-corrected chi connectivity index (χ3v) is 2.88. The number of benzene rings is 1. The summed E-state index contributed by atoms with van der Waals surface area (Å²) in [4.78, 5) is 22.2. The van der Waals surface area contributed by atoms with E-state index in [2.05, 4.69) is 5.32 Å². The molecule has 1 amide bonds. The van der Waals surface area contributed by atoms with Crippen molar-refractivity contribution in [2.75, 3.05) is 0 Å². The van der Waals surface area contributed by atoms with E-state index in [-0.39, 0.29) is 18.0 Å². The standard InChI is InChI=1S/C14H16F3NO3/c1-9(3-2-4-12(19)20)18-13(21)10-5-7-11(8-6-10)14(15,16)17/h5-9H,2-4H2,1H3,(H,18,21)(H,19,20). The Morgan fingerprint density at radius 1 is 1.24 bits per heavy atom. The second-order valence-corrected chi connectivity index (χ2v) is 4.74. The van der Waals surface area contributed by atoms with Gasteiger partial charge in [0.1, 0.15) is 0 Å². The van der Waals surface area contributed by atoms with E-state index in [4.69, 9.17) is 5.11 Å². The fourth-order valence-electron chi connectivity index (χ4n) is 1.75. The van der Waals surface area contributed by atoms with Crippen LogP contribution in [-0.2, 0) is 11.0 Å². The van der Waals surface area contributed by atoms with E-state index in [1.807, 2.05) is 0 Å². The van der Waals surface area contributed by atoms with Crippen molar-refractivity contribution in [3.05, 3.63) is 35.4 Å². The predicted octanol–water partition coefficient (Wildman–Crippen LogP) is 3.08. The van der Waals surface area contributed by atoms with Crippen LogP contribution >= 0.6 is 0 Å². The van der Waals surface area contributed by atoms with E-state index in [1.54, 1.807) is 6.92 Å². The lowest BCUT2D eigenvalue weighted by Gasteiger charge is -2.14. The smallest absolute Gasteiger partial charge is 0.416 e. The number of carboxylic acid groups (broad SMARTS) is 1. The first-order chi connectivity index (χ1) is 9.70. The second kappa shape index (κ2) is 7.10. The van der Waals surface area contributed by atoms with Crippen molar-refractivity contribution in [2.45, 2.75) is 38.4 Å². The average molecular weight is 303 g/mol. The van der Waals surface area contributed by atoms with Gasteiger partial charge in [0.15, 0.2) is 0 Å². The van der Waals surface area contributed by atoms with Crippen LogP contribution in [0.3, 0.4) is 0 Å². The van der Waals surface area contributed by atoms with Gasteiger partial charge in [-0.05, 0) is 44.0 Å². The lowest BCUT2D eigenvalue weighted by molar-refractivity contribution is -0.138. The van der Waals surface area contributed by atoms with Crippen molar-refractivity contribution in [1.82, 2.24) is 5.32 Å². The maximum Gasteiger partial charge on any atom is 0.416 e. The van der Waals surface area contributed by atoms with Crippen LogP contribution in [0.25, 0.3) is 0 Å². The minimum absolute atomic E-state index is 0.0144. The topological polar surface area (TPSA) is 66.4 Å². The largest absolute Gasteiger partial charge is 0.481 e. The number of rotatable bonds is 6. The number of aliphatic carboxylic acids is 1. The number of hydrogen-bond acceptors (Lipinski definition) is 2. The summed E-state index contributed by atoms with van der Waals surface area (Å²) in [6.45, 7) is 1.71. The van der Waals surface area contributed by atoms with Crippen molar-refractivity contribution in [1.29, 1.82) is 0 Å². The number of carbonyl (C=O) groups excluding carboxylic acids is 1. The Labute approximate surface area is 120 Å². The average Bonchev–Trinajstić information content (AvgIpc) is 2.37.